The molecule has 0 aliphatic carbocycles. The van der Waals surface area contributed by atoms with Gasteiger partial charge in [-0.3, -0.25) is 4.72 Å². The van der Waals surface area contributed by atoms with Crippen LogP contribution in [0.3, 0.4) is 0 Å². The highest BCUT2D eigenvalue weighted by molar-refractivity contribution is 7.94. The average molecular weight is 370 g/mol. The highest BCUT2D eigenvalue weighted by Crippen LogP contribution is 2.28. The number of sulfonamides is 1. The summed E-state index contributed by atoms with van der Waals surface area (Å²) in [6.07, 6.45) is 0. The molecule has 0 bridgehead atoms. The van der Waals surface area contributed by atoms with Crippen LogP contribution in [0.5, 0.6) is 0 Å². The molecule has 2 aromatic heterocycles. The van der Waals surface area contributed by atoms with E-state index in [0.717, 1.165) is 11.1 Å². The van der Waals surface area contributed by atoms with Crippen LogP contribution < -0.4 is 4.72 Å². The standard InChI is InChI=1S/C18H14N2O3S2/c1-12-4-2-5-13(10-12)18-19-15-8-7-14(11-16(15)23-18)20-25(21,22)17-6-3-9-24-17/h2-11,20H,1H3. The highest BCUT2D eigenvalue weighted by atomic mass is 32.2. The quantitative estimate of drug-likeness (QED) is 0.567. The van der Waals surface area contributed by atoms with Gasteiger partial charge in [-0.2, -0.15) is 0 Å². The van der Waals surface area contributed by atoms with Crippen LogP contribution in [0.4, 0.5) is 5.69 Å². The molecule has 2 heterocycles. The van der Waals surface area contributed by atoms with Crippen molar-refractivity contribution >= 4 is 38.1 Å². The number of aromatic nitrogens is 1. The number of nitrogens with one attached hydrogen (secondary N) is 1. The van der Waals surface area contributed by atoms with Gasteiger partial charge in [-0.05, 0) is 42.6 Å². The third-order valence-corrected chi connectivity index (χ3v) is 6.44. The molecule has 0 radical (unpaired) electrons. The number of hydrogen-bond donors (Lipinski definition) is 1. The van der Waals surface area contributed by atoms with E-state index >= 15 is 0 Å². The third-order valence-electron chi connectivity index (χ3n) is 3.67. The van der Waals surface area contributed by atoms with E-state index < -0.39 is 10.0 Å². The number of anilines is 1. The Hall–Kier alpha value is -2.64. The largest absolute Gasteiger partial charge is 0.436 e. The summed E-state index contributed by atoms with van der Waals surface area (Å²) in [6.45, 7) is 2.00. The molecule has 4 rings (SSSR count). The fourth-order valence-electron chi connectivity index (χ4n) is 2.51. The van der Waals surface area contributed by atoms with Crippen molar-refractivity contribution < 1.29 is 12.8 Å². The van der Waals surface area contributed by atoms with E-state index in [2.05, 4.69) is 9.71 Å². The first-order valence-electron chi connectivity index (χ1n) is 7.55. The predicted octanol–water partition coefficient (Wildman–Crippen LogP) is 4.67. The van der Waals surface area contributed by atoms with Gasteiger partial charge in [-0.25, -0.2) is 13.4 Å². The second-order valence-corrected chi connectivity index (χ2v) is 8.47. The SMILES string of the molecule is Cc1cccc(-c2nc3ccc(NS(=O)(=O)c4cccs4)cc3o2)c1. The normalized spacial score (nSPS) is 11.7. The van der Waals surface area contributed by atoms with Crippen molar-refractivity contribution in [2.24, 2.45) is 0 Å². The van der Waals surface area contributed by atoms with Gasteiger partial charge in [0.1, 0.15) is 9.73 Å². The molecular weight excluding hydrogens is 356 g/mol. The molecule has 2 aromatic carbocycles. The van der Waals surface area contributed by atoms with Crippen LogP contribution in [0, 0.1) is 6.92 Å². The van der Waals surface area contributed by atoms with Crippen LogP contribution >= 0.6 is 11.3 Å². The maximum atomic E-state index is 12.3. The summed E-state index contributed by atoms with van der Waals surface area (Å²) in [7, 11) is -3.58. The number of rotatable bonds is 4. The number of aryl methyl sites for hydroxylation is 1. The second kappa shape index (κ2) is 6.02. The van der Waals surface area contributed by atoms with Gasteiger partial charge >= 0.3 is 0 Å². The lowest BCUT2D eigenvalue weighted by molar-refractivity contribution is 0.603. The Bertz CT molecular complexity index is 1150. The van der Waals surface area contributed by atoms with Crippen LogP contribution in [0.15, 0.2) is 68.6 Å². The maximum absolute atomic E-state index is 12.3. The maximum Gasteiger partial charge on any atom is 0.271 e. The molecule has 5 nitrogen and oxygen atoms in total. The molecule has 0 atom stereocenters. The molecular formula is C18H14N2O3S2. The fourth-order valence-corrected chi connectivity index (χ4v) is 4.55. The lowest BCUT2D eigenvalue weighted by atomic mass is 10.1. The Labute approximate surface area is 149 Å². The first kappa shape index (κ1) is 15.9. The first-order chi connectivity index (χ1) is 12.0. The Morgan fingerprint density at radius 2 is 1.96 bits per heavy atom. The van der Waals surface area contributed by atoms with Gasteiger partial charge in [0.05, 0.1) is 5.69 Å². The molecule has 0 saturated heterocycles. The number of fused-ring (bicyclic) bond motifs is 1. The van der Waals surface area contributed by atoms with Crippen molar-refractivity contribution in [3.63, 3.8) is 0 Å². The first-order valence-corrected chi connectivity index (χ1v) is 9.91. The number of nitrogens with zero attached hydrogens (tertiary/aromatic N) is 1. The average Bonchev–Trinajstić information content (AvgIpc) is 3.24. The Morgan fingerprint density at radius 3 is 2.72 bits per heavy atom. The zero-order valence-corrected chi connectivity index (χ0v) is 14.9. The Kier molecular flexibility index (Phi) is 3.82. The third kappa shape index (κ3) is 3.16. The molecule has 25 heavy (non-hydrogen) atoms. The summed E-state index contributed by atoms with van der Waals surface area (Å²) in [6, 6.07) is 16.2. The molecule has 126 valence electrons. The van der Waals surface area contributed by atoms with E-state index in [1.54, 1.807) is 35.7 Å². The lowest BCUT2D eigenvalue weighted by Gasteiger charge is -2.05. The molecule has 0 fully saturated rings. The number of oxazole rings is 1. The van der Waals surface area contributed by atoms with E-state index in [0.29, 0.717) is 22.7 Å². The van der Waals surface area contributed by atoms with Crippen LogP contribution in [-0.2, 0) is 10.0 Å². The molecule has 0 unspecified atom stereocenters. The highest BCUT2D eigenvalue weighted by Gasteiger charge is 2.16. The van der Waals surface area contributed by atoms with Gasteiger partial charge in [0.25, 0.3) is 10.0 Å². The molecule has 0 saturated carbocycles. The smallest absolute Gasteiger partial charge is 0.271 e. The summed E-state index contributed by atoms with van der Waals surface area (Å²) in [4.78, 5) is 4.47. The molecule has 7 heteroatoms. The van der Waals surface area contributed by atoms with Gasteiger partial charge in [0, 0.05) is 11.6 Å². The van der Waals surface area contributed by atoms with Gasteiger partial charge in [-0.1, -0.05) is 23.8 Å². The zero-order chi connectivity index (χ0) is 17.4. The van der Waals surface area contributed by atoms with Crippen molar-refractivity contribution in [3.8, 4) is 11.5 Å². The monoisotopic (exact) mass is 370 g/mol. The second-order valence-electron chi connectivity index (χ2n) is 5.61. The number of hydrogen-bond acceptors (Lipinski definition) is 5. The topological polar surface area (TPSA) is 72.2 Å². The van der Waals surface area contributed by atoms with Crippen molar-refractivity contribution in [1.29, 1.82) is 0 Å². The fraction of sp³-hybridized carbons (Fsp3) is 0.0556. The molecule has 0 aliphatic heterocycles. The van der Waals surface area contributed by atoms with Gasteiger partial charge < -0.3 is 4.42 Å². The predicted molar refractivity (Wildman–Crippen MR) is 99.3 cm³/mol. The van der Waals surface area contributed by atoms with Crippen molar-refractivity contribution in [1.82, 2.24) is 4.98 Å². The molecule has 1 N–H and O–H groups in total. The van der Waals surface area contributed by atoms with E-state index in [1.165, 1.54) is 11.3 Å². The Balaban J connectivity index is 1.69. The van der Waals surface area contributed by atoms with Gasteiger partial charge in [0.15, 0.2) is 5.58 Å². The van der Waals surface area contributed by atoms with E-state index in [4.69, 9.17) is 4.42 Å². The number of benzene rings is 2. The van der Waals surface area contributed by atoms with Crippen LogP contribution in [0.2, 0.25) is 0 Å². The summed E-state index contributed by atoms with van der Waals surface area (Å²) >= 11 is 1.17. The van der Waals surface area contributed by atoms with Crippen molar-refractivity contribution in [3.05, 3.63) is 65.5 Å². The van der Waals surface area contributed by atoms with E-state index in [9.17, 15) is 8.42 Å². The molecule has 0 amide bonds. The van der Waals surface area contributed by atoms with Crippen LogP contribution in [-0.4, -0.2) is 13.4 Å². The lowest BCUT2D eigenvalue weighted by Crippen LogP contribution is -2.11. The molecule has 4 aromatic rings. The van der Waals surface area contributed by atoms with Crippen molar-refractivity contribution in [2.75, 3.05) is 4.72 Å². The minimum atomic E-state index is -3.58. The van der Waals surface area contributed by atoms with Crippen LogP contribution in [0.25, 0.3) is 22.6 Å². The number of thiophene rings is 1. The van der Waals surface area contributed by atoms with Crippen LogP contribution in [0.1, 0.15) is 5.56 Å². The van der Waals surface area contributed by atoms with E-state index in [-0.39, 0.29) is 4.21 Å². The summed E-state index contributed by atoms with van der Waals surface area (Å²) in [5.41, 5.74) is 3.65. The summed E-state index contributed by atoms with van der Waals surface area (Å²) in [5.74, 6) is 0.511. The molecule has 0 spiro atoms. The Morgan fingerprint density at radius 1 is 1.08 bits per heavy atom. The minimum Gasteiger partial charge on any atom is -0.436 e. The van der Waals surface area contributed by atoms with Crippen molar-refractivity contribution in [2.45, 2.75) is 11.1 Å². The van der Waals surface area contributed by atoms with Gasteiger partial charge in [0.2, 0.25) is 5.89 Å². The van der Waals surface area contributed by atoms with E-state index in [1.807, 2.05) is 31.2 Å². The zero-order valence-electron chi connectivity index (χ0n) is 13.3. The minimum absolute atomic E-state index is 0.269. The summed E-state index contributed by atoms with van der Waals surface area (Å²) < 4.78 is 33.3. The summed E-state index contributed by atoms with van der Waals surface area (Å²) in [5, 5.41) is 1.72. The van der Waals surface area contributed by atoms with Gasteiger partial charge in [-0.15, -0.1) is 11.3 Å². The molecule has 0 aliphatic rings.